The number of ether oxygens (including phenoxy) is 1. The normalized spacial score (nSPS) is 15.3. The van der Waals surface area contributed by atoms with E-state index in [2.05, 4.69) is 34.3 Å². The van der Waals surface area contributed by atoms with Crippen LogP contribution >= 0.6 is 11.8 Å². The fourth-order valence-corrected chi connectivity index (χ4v) is 4.50. The van der Waals surface area contributed by atoms with Crippen molar-refractivity contribution in [2.75, 3.05) is 12.3 Å². The predicted octanol–water partition coefficient (Wildman–Crippen LogP) is 2.47. The lowest BCUT2D eigenvalue weighted by atomic mass is 10.1. The summed E-state index contributed by atoms with van der Waals surface area (Å²) in [6.45, 7) is 3.29. The number of carbonyl (C=O) groups is 1. The van der Waals surface area contributed by atoms with E-state index in [0.29, 0.717) is 36.0 Å². The highest BCUT2D eigenvalue weighted by molar-refractivity contribution is 7.99. The Hall–Kier alpha value is -2.81. The number of nitrogens with two attached hydrogens (primary N) is 1. The fraction of sp³-hybridized carbons (Fsp3) is 0.400. The van der Waals surface area contributed by atoms with Crippen molar-refractivity contribution in [3.63, 3.8) is 0 Å². The van der Waals surface area contributed by atoms with Crippen molar-refractivity contribution < 1.29 is 9.53 Å². The number of carbonyl (C=O) groups excluding carboxylic acids is 1. The highest BCUT2D eigenvalue weighted by atomic mass is 32.2. The molecule has 2 aromatic heterocycles. The summed E-state index contributed by atoms with van der Waals surface area (Å²) in [7, 11) is 0. The zero-order valence-corrected chi connectivity index (χ0v) is 17.0. The van der Waals surface area contributed by atoms with Crippen LogP contribution in [0, 0.1) is 6.92 Å². The maximum absolute atomic E-state index is 12.2. The van der Waals surface area contributed by atoms with Gasteiger partial charge in [-0.3, -0.25) is 4.79 Å². The minimum absolute atomic E-state index is 0.0504. The third-order valence-corrected chi connectivity index (χ3v) is 6.37. The Bertz CT molecular complexity index is 1110. The molecule has 0 bridgehead atoms. The number of aryl methyl sites for hydroxylation is 2. The van der Waals surface area contributed by atoms with Gasteiger partial charge in [0.1, 0.15) is 12.1 Å². The van der Waals surface area contributed by atoms with Gasteiger partial charge in [-0.2, -0.15) is 0 Å². The molecule has 9 heteroatoms. The van der Waals surface area contributed by atoms with E-state index in [4.69, 9.17) is 15.5 Å². The number of imidazole rings is 1. The molecule has 150 valence electrons. The molecule has 3 aromatic rings. The number of nitrogens with one attached hydrogen (secondary N) is 1. The number of nitrogens with zero attached hydrogens (tertiary/aromatic N) is 4. The highest BCUT2D eigenvalue weighted by Gasteiger charge is 2.24. The molecule has 3 heterocycles. The van der Waals surface area contributed by atoms with Gasteiger partial charge in [-0.1, -0.05) is 17.8 Å². The molecule has 1 saturated carbocycles. The Kier molecular flexibility index (Phi) is 4.54. The first-order chi connectivity index (χ1) is 14.1. The SMILES string of the molecule is Cc1cc2c(cc1Sc1nc3c(N)ncnc3n1CCC(=O)NC1CC1)OCC2. The molecule has 0 radical (unpaired) electrons. The van der Waals surface area contributed by atoms with Gasteiger partial charge in [0.25, 0.3) is 0 Å². The zero-order chi connectivity index (χ0) is 20.0. The van der Waals surface area contributed by atoms with Crippen molar-refractivity contribution in [1.82, 2.24) is 24.8 Å². The second-order valence-corrected chi connectivity index (χ2v) is 8.50. The van der Waals surface area contributed by atoms with E-state index < -0.39 is 0 Å². The summed E-state index contributed by atoms with van der Waals surface area (Å²) in [5.41, 5.74) is 9.65. The molecule has 0 atom stereocenters. The van der Waals surface area contributed by atoms with Crippen molar-refractivity contribution in [1.29, 1.82) is 0 Å². The van der Waals surface area contributed by atoms with Crippen molar-refractivity contribution >= 4 is 34.7 Å². The first-order valence-electron chi connectivity index (χ1n) is 9.79. The van der Waals surface area contributed by atoms with E-state index >= 15 is 0 Å². The first-order valence-corrected chi connectivity index (χ1v) is 10.6. The largest absolute Gasteiger partial charge is 0.493 e. The van der Waals surface area contributed by atoms with Gasteiger partial charge in [-0.05, 0) is 37.0 Å². The van der Waals surface area contributed by atoms with E-state index in [1.165, 1.54) is 29.2 Å². The lowest BCUT2D eigenvalue weighted by Crippen LogP contribution is -2.26. The third kappa shape index (κ3) is 3.62. The molecule has 1 fully saturated rings. The number of fused-ring (bicyclic) bond motifs is 2. The molecule has 1 amide bonds. The monoisotopic (exact) mass is 410 g/mol. The number of anilines is 1. The highest BCUT2D eigenvalue weighted by Crippen LogP contribution is 2.38. The molecular formula is C20H22N6O2S. The molecule has 1 aliphatic carbocycles. The lowest BCUT2D eigenvalue weighted by molar-refractivity contribution is -0.121. The van der Waals surface area contributed by atoms with Crippen molar-refractivity contribution in [2.45, 2.75) is 55.2 Å². The summed E-state index contributed by atoms with van der Waals surface area (Å²) in [6.07, 6.45) is 4.89. The molecule has 5 rings (SSSR count). The average molecular weight is 411 g/mol. The molecule has 0 saturated heterocycles. The molecule has 1 aromatic carbocycles. The van der Waals surface area contributed by atoms with E-state index in [1.807, 2.05) is 4.57 Å². The Morgan fingerprint density at radius 3 is 3.07 bits per heavy atom. The Morgan fingerprint density at radius 1 is 1.38 bits per heavy atom. The van der Waals surface area contributed by atoms with Gasteiger partial charge < -0.3 is 20.4 Å². The van der Waals surface area contributed by atoms with Gasteiger partial charge in [0.05, 0.1) is 6.61 Å². The molecule has 29 heavy (non-hydrogen) atoms. The summed E-state index contributed by atoms with van der Waals surface area (Å²) >= 11 is 1.54. The third-order valence-electron chi connectivity index (χ3n) is 5.22. The van der Waals surface area contributed by atoms with Crippen LogP contribution in [0.3, 0.4) is 0 Å². The zero-order valence-electron chi connectivity index (χ0n) is 16.1. The van der Waals surface area contributed by atoms with Crippen LogP contribution in [-0.4, -0.2) is 38.1 Å². The maximum Gasteiger partial charge on any atom is 0.222 e. The summed E-state index contributed by atoms with van der Waals surface area (Å²) < 4.78 is 7.68. The molecule has 0 unspecified atom stereocenters. The van der Waals surface area contributed by atoms with Crippen LogP contribution in [-0.2, 0) is 17.8 Å². The number of hydrogen-bond donors (Lipinski definition) is 2. The first kappa shape index (κ1) is 18.2. The maximum atomic E-state index is 12.2. The van der Waals surface area contributed by atoms with Gasteiger partial charge >= 0.3 is 0 Å². The van der Waals surface area contributed by atoms with E-state index in [1.54, 1.807) is 0 Å². The molecule has 0 spiro atoms. The summed E-state index contributed by atoms with van der Waals surface area (Å²) in [5, 5.41) is 3.77. The van der Waals surface area contributed by atoms with Gasteiger partial charge in [0, 0.05) is 30.3 Å². The van der Waals surface area contributed by atoms with Gasteiger partial charge in [-0.25, -0.2) is 15.0 Å². The van der Waals surface area contributed by atoms with E-state index in [9.17, 15) is 4.79 Å². The molecule has 8 nitrogen and oxygen atoms in total. The second-order valence-electron chi connectivity index (χ2n) is 7.49. The number of rotatable bonds is 6. The van der Waals surface area contributed by atoms with Gasteiger partial charge in [0.2, 0.25) is 5.91 Å². The summed E-state index contributed by atoms with van der Waals surface area (Å²) in [6, 6.07) is 4.60. The van der Waals surface area contributed by atoms with Gasteiger partial charge in [-0.15, -0.1) is 0 Å². The molecule has 2 aliphatic rings. The molecule has 3 N–H and O–H groups in total. The van der Waals surface area contributed by atoms with Crippen LogP contribution < -0.4 is 15.8 Å². The van der Waals surface area contributed by atoms with Crippen LogP contribution in [0.15, 0.2) is 28.5 Å². The topological polar surface area (TPSA) is 108 Å². The second kappa shape index (κ2) is 7.22. The van der Waals surface area contributed by atoms with E-state index in [-0.39, 0.29) is 5.91 Å². The number of aromatic nitrogens is 4. The summed E-state index contributed by atoms with van der Waals surface area (Å²) in [5.74, 6) is 1.32. The average Bonchev–Trinajstić information content (AvgIpc) is 3.26. The van der Waals surface area contributed by atoms with Crippen LogP contribution in [0.4, 0.5) is 5.82 Å². The minimum atomic E-state index is 0.0504. The predicted molar refractivity (Wildman–Crippen MR) is 110 cm³/mol. The fourth-order valence-electron chi connectivity index (χ4n) is 3.49. The Morgan fingerprint density at radius 2 is 2.24 bits per heavy atom. The van der Waals surface area contributed by atoms with Crippen molar-refractivity contribution in [3.8, 4) is 5.75 Å². The number of benzene rings is 1. The summed E-state index contributed by atoms with van der Waals surface area (Å²) in [4.78, 5) is 26.4. The molecule has 1 aliphatic heterocycles. The smallest absolute Gasteiger partial charge is 0.222 e. The van der Waals surface area contributed by atoms with Crippen molar-refractivity contribution in [2.24, 2.45) is 0 Å². The quantitative estimate of drug-likeness (QED) is 0.643. The van der Waals surface area contributed by atoms with Crippen LogP contribution in [0.1, 0.15) is 30.4 Å². The van der Waals surface area contributed by atoms with E-state index in [0.717, 1.165) is 41.7 Å². The molecular weight excluding hydrogens is 388 g/mol. The van der Waals surface area contributed by atoms with Gasteiger partial charge in [0.15, 0.2) is 22.1 Å². The Labute approximate surface area is 172 Å². The lowest BCUT2D eigenvalue weighted by Gasteiger charge is -2.11. The van der Waals surface area contributed by atoms with Crippen LogP contribution in [0.2, 0.25) is 0 Å². The van der Waals surface area contributed by atoms with Crippen LogP contribution in [0.5, 0.6) is 5.75 Å². The number of hydrogen-bond acceptors (Lipinski definition) is 7. The minimum Gasteiger partial charge on any atom is -0.493 e. The standard InChI is InChI=1S/C20H22N6O2S/c1-11-8-12-5-7-28-14(12)9-15(11)29-20-25-17-18(21)22-10-23-19(17)26(20)6-4-16(27)24-13-2-3-13/h8-10,13H,2-7H2,1H3,(H,24,27)(H2,21,22,23). The van der Waals surface area contributed by atoms with Crippen molar-refractivity contribution in [3.05, 3.63) is 29.6 Å². The number of amides is 1. The number of nitrogen functional groups attached to an aromatic ring is 1. The van der Waals surface area contributed by atoms with Crippen LogP contribution in [0.25, 0.3) is 11.2 Å². The Balaban J connectivity index is 1.47.